The van der Waals surface area contributed by atoms with Crippen LogP contribution in [0, 0.1) is 18.8 Å². The standard InChI is InChI=1S/C15H16N4O2/c1-10-9-18-15(21-10)11(2)19-14(20)13-12(5-3-7-16)6-4-8-17-13/h4,6,8-9,11H,7,16H2,1-2H3,(H,19,20). The van der Waals surface area contributed by atoms with Gasteiger partial charge < -0.3 is 15.5 Å². The van der Waals surface area contributed by atoms with Crippen LogP contribution < -0.4 is 11.1 Å². The highest BCUT2D eigenvalue weighted by molar-refractivity contribution is 5.94. The summed E-state index contributed by atoms with van der Waals surface area (Å²) in [5.74, 6) is 6.36. The molecule has 2 rings (SSSR count). The SMILES string of the molecule is Cc1cnc(C(C)NC(=O)c2ncccc2C#CCN)o1. The summed E-state index contributed by atoms with van der Waals surface area (Å²) in [5.41, 5.74) is 6.14. The van der Waals surface area contributed by atoms with E-state index in [1.165, 1.54) is 0 Å². The van der Waals surface area contributed by atoms with Crippen LogP contribution in [0.2, 0.25) is 0 Å². The second-order valence-corrected chi connectivity index (χ2v) is 4.41. The summed E-state index contributed by atoms with van der Waals surface area (Å²) in [5, 5.41) is 2.79. The normalized spacial score (nSPS) is 11.4. The fourth-order valence-electron chi connectivity index (χ4n) is 1.73. The van der Waals surface area contributed by atoms with Crippen molar-refractivity contribution in [3.05, 3.63) is 47.4 Å². The molecule has 0 spiro atoms. The third kappa shape index (κ3) is 3.68. The third-order valence-corrected chi connectivity index (χ3v) is 2.71. The second-order valence-electron chi connectivity index (χ2n) is 4.41. The van der Waals surface area contributed by atoms with Crippen LogP contribution in [0.15, 0.2) is 28.9 Å². The lowest BCUT2D eigenvalue weighted by molar-refractivity contribution is 0.0928. The smallest absolute Gasteiger partial charge is 0.271 e. The van der Waals surface area contributed by atoms with Crippen LogP contribution in [0.5, 0.6) is 0 Å². The maximum atomic E-state index is 12.3. The molecule has 0 aliphatic heterocycles. The number of hydrogen-bond acceptors (Lipinski definition) is 5. The molecule has 0 saturated heterocycles. The van der Waals surface area contributed by atoms with E-state index >= 15 is 0 Å². The minimum atomic E-state index is -0.358. The van der Waals surface area contributed by atoms with Crippen LogP contribution in [0.3, 0.4) is 0 Å². The average Bonchev–Trinajstić information content (AvgIpc) is 2.92. The van der Waals surface area contributed by atoms with Crippen molar-refractivity contribution in [1.82, 2.24) is 15.3 Å². The van der Waals surface area contributed by atoms with Gasteiger partial charge in [0.2, 0.25) is 5.89 Å². The molecule has 2 aromatic rings. The van der Waals surface area contributed by atoms with E-state index in [1.54, 1.807) is 38.4 Å². The van der Waals surface area contributed by atoms with Gasteiger partial charge in [0, 0.05) is 6.20 Å². The Morgan fingerprint density at radius 2 is 2.33 bits per heavy atom. The first-order valence-electron chi connectivity index (χ1n) is 6.49. The van der Waals surface area contributed by atoms with E-state index < -0.39 is 0 Å². The van der Waals surface area contributed by atoms with E-state index in [0.29, 0.717) is 17.2 Å². The predicted molar refractivity (Wildman–Crippen MR) is 77.3 cm³/mol. The lowest BCUT2D eigenvalue weighted by Crippen LogP contribution is -2.28. The van der Waals surface area contributed by atoms with Crippen LogP contribution in [-0.2, 0) is 0 Å². The lowest BCUT2D eigenvalue weighted by atomic mass is 10.1. The summed E-state index contributed by atoms with van der Waals surface area (Å²) >= 11 is 0. The molecule has 1 unspecified atom stereocenters. The zero-order valence-corrected chi connectivity index (χ0v) is 11.9. The van der Waals surface area contributed by atoms with Crippen molar-refractivity contribution in [3.8, 4) is 11.8 Å². The Balaban J connectivity index is 2.17. The summed E-state index contributed by atoms with van der Waals surface area (Å²) in [6, 6.07) is 3.09. The van der Waals surface area contributed by atoms with Crippen molar-refractivity contribution in [1.29, 1.82) is 0 Å². The number of carbonyl (C=O) groups excluding carboxylic acids is 1. The van der Waals surface area contributed by atoms with Crippen molar-refractivity contribution in [3.63, 3.8) is 0 Å². The maximum Gasteiger partial charge on any atom is 0.271 e. The molecule has 2 heterocycles. The Morgan fingerprint density at radius 3 is 3.00 bits per heavy atom. The Kier molecular flexibility index (Phi) is 4.69. The number of aryl methyl sites for hydroxylation is 1. The fraction of sp³-hybridized carbons (Fsp3) is 0.267. The highest BCUT2D eigenvalue weighted by Crippen LogP contribution is 2.13. The van der Waals surface area contributed by atoms with Crippen molar-refractivity contribution in [2.75, 3.05) is 6.54 Å². The molecular weight excluding hydrogens is 268 g/mol. The van der Waals surface area contributed by atoms with E-state index in [9.17, 15) is 4.79 Å². The molecule has 21 heavy (non-hydrogen) atoms. The molecule has 0 saturated carbocycles. The van der Waals surface area contributed by atoms with Crippen molar-refractivity contribution >= 4 is 5.91 Å². The van der Waals surface area contributed by atoms with Crippen molar-refractivity contribution < 1.29 is 9.21 Å². The Labute approximate surface area is 122 Å². The van der Waals surface area contributed by atoms with Gasteiger partial charge in [-0.2, -0.15) is 0 Å². The molecule has 2 aromatic heterocycles. The zero-order valence-electron chi connectivity index (χ0n) is 11.9. The summed E-state index contributed by atoms with van der Waals surface area (Å²) < 4.78 is 5.39. The van der Waals surface area contributed by atoms with Gasteiger partial charge in [-0.25, -0.2) is 9.97 Å². The number of amides is 1. The number of hydrogen-bond donors (Lipinski definition) is 2. The van der Waals surface area contributed by atoms with Gasteiger partial charge in [-0.05, 0) is 26.0 Å². The largest absolute Gasteiger partial charge is 0.444 e. The maximum absolute atomic E-state index is 12.3. The topological polar surface area (TPSA) is 94.0 Å². The van der Waals surface area contributed by atoms with Gasteiger partial charge >= 0.3 is 0 Å². The first-order chi connectivity index (χ1) is 10.1. The summed E-state index contributed by atoms with van der Waals surface area (Å²) in [6.07, 6.45) is 3.15. The van der Waals surface area contributed by atoms with E-state index in [2.05, 4.69) is 27.1 Å². The van der Waals surface area contributed by atoms with E-state index in [1.807, 2.05) is 0 Å². The number of pyridine rings is 1. The van der Waals surface area contributed by atoms with Crippen molar-refractivity contribution in [2.45, 2.75) is 19.9 Å². The van der Waals surface area contributed by atoms with Gasteiger partial charge in [0.15, 0.2) is 0 Å². The van der Waals surface area contributed by atoms with Crippen LogP contribution in [0.4, 0.5) is 0 Å². The molecular formula is C15H16N4O2. The number of rotatable bonds is 3. The van der Waals surface area contributed by atoms with Crippen LogP contribution in [0.25, 0.3) is 0 Å². The summed E-state index contributed by atoms with van der Waals surface area (Å²) in [4.78, 5) is 20.4. The quantitative estimate of drug-likeness (QED) is 0.825. The van der Waals surface area contributed by atoms with Gasteiger partial charge in [0.05, 0.1) is 18.3 Å². The number of oxazole rings is 1. The molecule has 3 N–H and O–H groups in total. The third-order valence-electron chi connectivity index (χ3n) is 2.71. The summed E-state index contributed by atoms with van der Waals surface area (Å²) in [6.45, 7) is 3.81. The molecule has 0 bridgehead atoms. The number of carbonyl (C=O) groups is 1. The van der Waals surface area contributed by atoms with Gasteiger partial charge in [0.1, 0.15) is 17.5 Å². The molecule has 0 aliphatic carbocycles. The highest BCUT2D eigenvalue weighted by atomic mass is 16.4. The monoisotopic (exact) mass is 284 g/mol. The minimum absolute atomic E-state index is 0.224. The number of nitrogens with one attached hydrogen (secondary N) is 1. The first-order valence-corrected chi connectivity index (χ1v) is 6.49. The van der Waals surface area contributed by atoms with Crippen LogP contribution in [0.1, 0.15) is 40.7 Å². The minimum Gasteiger partial charge on any atom is -0.444 e. The number of nitrogens with two attached hydrogens (primary N) is 1. The van der Waals surface area contributed by atoms with Gasteiger partial charge in [-0.1, -0.05) is 11.8 Å². The molecule has 0 fully saturated rings. The molecule has 1 amide bonds. The fourth-order valence-corrected chi connectivity index (χ4v) is 1.73. The van der Waals surface area contributed by atoms with Crippen LogP contribution >= 0.6 is 0 Å². The molecule has 0 radical (unpaired) electrons. The van der Waals surface area contributed by atoms with Gasteiger partial charge in [0.25, 0.3) is 5.91 Å². The highest BCUT2D eigenvalue weighted by Gasteiger charge is 2.18. The lowest BCUT2D eigenvalue weighted by Gasteiger charge is -2.10. The summed E-state index contributed by atoms with van der Waals surface area (Å²) in [7, 11) is 0. The van der Waals surface area contributed by atoms with E-state index in [4.69, 9.17) is 10.2 Å². The molecule has 6 nitrogen and oxygen atoms in total. The average molecular weight is 284 g/mol. The van der Waals surface area contributed by atoms with Gasteiger partial charge in [-0.3, -0.25) is 4.79 Å². The van der Waals surface area contributed by atoms with E-state index in [-0.39, 0.29) is 24.2 Å². The van der Waals surface area contributed by atoms with E-state index in [0.717, 1.165) is 0 Å². The second kappa shape index (κ2) is 6.68. The zero-order chi connectivity index (χ0) is 15.2. The molecule has 1 atom stereocenters. The molecule has 6 heteroatoms. The first kappa shape index (κ1) is 14.8. The Bertz CT molecular complexity index is 697. The molecule has 0 aliphatic rings. The number of aromatic nitrogens is 2. The van der Waals surface area contributed by atoms with Crippen molar-refractivity contribution in [2.24, 2.45) is 5.73 Å². The Morgan fingerprint density at radius 1 is 1.52 bits per heavy atom. The molecule has 108 valence electrons. The van der Waals surface area contributed by atoms with Crippen LogP contribution in [-0.4, -0.2) is 22.4 Å². The number of nitrogens with zero attached hydrogens (tertiary/aromatic N) is 2. The molecule has 0 aromatic carbocycles. The van der Waals surface area contributed by atoms with Gasteiger partial charge in [-0.15, -0.1) is 0 Å². The Hall–Kier alpha value is -2.65. The predicted octanol–water partition coefficient (Wildman–Crippen LogP) is 1.18.